The molecule has 0 saturated carbocycles. The van der Waals surface area contributed by atoms with Crippen LogP contribution in [0.3, 0.4) is 0 Å². The number of rotatable bonds is 1. The zero-order valence-corrected chi connectivity index (χ0v) is 8.83. The van der Waals surface area contributed by atoms with Crippen molar-refractivity contribution in [2.75, 3.05) is 0 Å². The highest BCUT2D eigenvalue weighted by Gasteiger charge is 2.07. The van der Waals surface area contributed by atoms with Crippen molar-refractivity contribution in [2.45, 2.75) is 0 Å². The Bertz CT molecular complexity index is 738. The van der Waals surface area contributed by atoms with Gasteiger partial charge < -0.3 is 0 Å². The summed E-state index contributed by atoms with van der Waals surface area (Å²) in [5.74, 6) is 0. The molecule has 0 aliphatic carbocycles. The highest BCUT2D eigenvalue weighted by molar-refractivity contribution is 5.93. The van der Waals surface area contributed by atoms with Crippen molar-refractivity contribution in [1.82, 2.24) is 4.98 Å². The van der Waals surface area contributed by atoms with Crippen LogP contribution in [0.2, 0.25) is 0 Å². The van der Waals surface area contributed by atoms with Gasteiger partial charge >= 0.3 is 0 Å². The number of pyridine rings is 1. The molecule has 17 heavy (non-hydrogen) atoms. The quantitative estimate of drug-likeness (QED) is 0.362. The van der Waals surface area contributed by atoms with Crippen molar-refractivity contribution < 1.29 is 4.92 Å². The fourth-order valence-corrected chi connectivity index (χ4v) is 1.87. The summed E-state index contributed by atoms with van der Waals surface area (Å²) in [5.41, 5.74) is 1.57. The number of non-ortho nitro benzene ring substituents is 1. The summed E-state index contributed by atoms with van der Waals surface area (Å²) in [4.78, 5) is 14.7. The smallest absolute Gasteiger partial charge is 0.258 e. The Morgan fingerprint density at radius 3 is 2.53 bits per heavy atom. The fourth-order valence-electron chi connectivity index (χ4n) is 1.87. The predicted molar refractivity (Wildman–Crippen MR) is 65.9 cm³/mol. The average molecular weight is 224 g/mol. The van der Waals surface area contributed by atoms with E-state index in [1.54, 1.807) is 6.07 Å². The molecular weight excluding hydrogens is 216 g/mol. The third kappa shape index (κ3) is 1.59. The van der Waals surface area contributed by atoms with E-state index in [4.69, 9.17) is 0 Å². The molecule has 3 aromatic rings. The largest absolute Gasteiger partial charge is 0.271 e. The molecule has 1 heterocycles. The van der Waals surface area contributed by atoms with E-state index in [1.807, 2.05) is 30.3 Å². The van der Waals surface area contributed by atoms with Gasteiger partial charge in [-0.1, -0.05) is 18.2 Å². The molecule has 2 aromatic carbocycles. The number of hydrogen-bond acceptors (Lipinski definition) is 3. The Kier molecular flexibility index (Phi) is 2.01. The molecule has 0 aliphatic heterocycles. The Morgan fingerprint density at radius 2 is 1.71 bits per heavy atom. The standard InChI is InChI=1S/C13H8N2O2/c16-15(17)11-6-5-10-7-9-3-1-2-4-12(9)14-13(10)8-11/h1-8H. The summed E-state index contributed by atoms with van der Waals surface area (Å²) in [5, 5.41) is 12.6. The van der Waals surface area contributed by atoms with Crippen LogP contribution < -0.4 is 0 Å². The Morgan fingerprint density at radius 1 is 0.941 bits per heavy atom. The second-order valence-corrected chi connectivity index (χ2v) is 3.82. The van der Waals surface area contributed by atoms with Crippen LogP contribution in [-0.2, 0) is 0 Å². The molecule has 0 amide bonds. The van der Waals surface area contributed by atoms with Crippen LogP contribution in [-0.4, -0.2) is 9.91 Å². The van der Waals surface area contributed by atoms with E-state index in [2.05, 4.69) is 4.98 Å². The Hall–Kier alpha value is -2.49. The van der Waals surface area contributed by atoms with Gasteiger partial charge in [0.1, 0.15) is 0 Å². The third-order valence-corrected chi connectivity index (χ3v) is 2.71. The lowest BCUT2D eigenvalue weighted by atomic mass is 10.1. The lowest BCUT2D eigenvalue weighted by molar-refractivity contribution is -0.384. The van der Waals surface area contributed by atoms with Gasteiger partial charge in [0, 0.05) is 22.9 Å². The van der Waals surface area contributed by atoms with E-state index >= 15 is 0 Å². The number of fused-ring (bicyclic) bond motifs is 2. The Labute approximate surface area is 96.7 Å². The van der Waals surface area contributed by atoms with Crippen molar-refractivity contribution in [3.8, 4) is 0 Å². The molecule has 0 fully saturated rings. The van der Waals surface area contributed by atoms with E-state index in [0.29, 0.717) is 5.52 Å². The van der Waals surface area contributed by atoms with E-state index < -0.39 is 4.92 Å². The van der Waals surface area contributed by atoms with Crippen molar-refractivity contribution >= 4 is 27.5 Å². The number of benzene rings is 2. The van der Waals surface area contributed by atoms with Crippen LogP contribution >= 0.6 is 0 Å². The molecule has 0 bridgehead atoms. The SMILES string of the molecule is O=[N+]([O-])c1ccc2cc3ccccc3nc2c1. The van der Waals surface area contributed by atoms with Gasteiger partial charge in [-0.25, -0.2) is 4.98 Å². The van der Waals surface area contributed by atoms with Gasteiger partial charge in [-0.2, -0.15) is 0 Å². The van der Waals surface area contributed by atoms with Gasteiger partial charge in [0.2, 0.25) is 0 Å². The predicted octanol–water partition coefficient (Wildman–Crippen LogP) is 3.30. The molecule has 0 radical (unpaired) electrons. The van der Waals surface area contributed by atoms with Gasteiger partial charge in [-0.05, 0) is 18.2 Å². The maximum atomic E-state index is 10.7. The monoisotopic (exact) mass is 224 g/mol. The number of nitro groups is 1. The van der Waals surface area contributed by atoms with Gasteiger partial charge in [0.25, 0.3) is 5.69 Å². The van der Waals surface area contributed by atoms with Crippen LogP contribution in [0.25, 0.3) is 21.8 Å². The summed E-state index contributed by atoms with van der Waals surface area (Å²) in [6.07, 6.45) is 0. The minimum absolute atomic E-state index is 0.0697. The molecular formula is C13H8N2O2. The van der Waals surface area contributed by atoms with Gasteiger partial charge in [0.05, 0.1) is 16.0 Å². The van der Waals surface area contributed by atoms with Crippen molar-refractivity contribution in [3.05, 3.63) is 58.6 Å². The normalized spacial score (nSPS) is 10.8. The number of aromatic nitrogens is 1. The number of hydrogen-bond donors (Lipinski definition) is 0. The molecule has 0 aliphatic rings. The van der Waals surface area contributed by atoms with E-state index in [-0.39, 0.29) is 5.69 Å². The van der Waals surface area contributed by atoms with Crippen LogP contribution in [0.4, 0.5) is 5.69 Å². The lowest BCUT2D eigenvalue weighted by Crippen LogP contribution is -1.89. The fraction of sp³-hybridized carbons (Fsp3) is 0. The first-order valence-electron chi connectivity index (χ1n) is 5.18. The summed E-state index contributed by atoms with van der Waals surface area (Å²) in [7, 11) is 0. The zero-order chi connectivity index (χ0) is 11.8. The zero-order valence-electron chi connectivity index (χ0n) is 8.83. The summed E-state index contributed by atoms with van der Waals surface area (Å²) >= 11 is 0. The first-order valence-corrected chi connectivity index (χ1v) is 5.18. The summed E-state index contributed by atoms with van der Waals surface area (Å²) < 4.78 is 0. The highest BCUT2D eigenvalue weighted by Crippen LogP contribution is 2.23. The molecule has 1 aromatic heterocycles. The number of para-hydroxylation sites is 1. The highest BCUT2D eigenvalue weighted by atomic mass is 16.6. The van der Waals surface area contributed by atoms with Crippen molar-refractivity contribution in [3.63, 3.8) is 0 Å². The third-order valence-electron chi connectivity index (χ3n) is 2.71. The molecule has 4 nitrogen and oxygen atoms in total. The van der Waals surface area contributed by atoms with Crippen LogP contribution in [0, 0.1) is 10.1 Å². The second kappa shape index (κ2) is 3.52. The molecule has 0 saturated heterocycles. The van der Waals surface area contributed by atoms with Crippen molar-refractivity contribution in [1.29, 1.82) is 0 Å². The maximum Gasteiger partial charge on any atom is 0.271 e. The van der Waals surface area contributed by atoms with Gasteiger partial charge in [-0.15, -0.1) is 0 Å². The van der Waals surface area contributed by atoms with E-state index in [1.165, 1.54) is 12.1 Å². The summed E-state index contributed by atoms with van der Waals surface area (Å²) in [6, 6.07) is 14.4. The Balaban J connectivity index is 2.36. The van der Waals surface area contributed by atoms with Crippen LogP contribution in [0.1, 0.15) is 0 Å². The lowest BCUT2D eigenvalue weighted by Gasteiger charge is -2.01. The molecule has 0 atom stereocenters. The second-order valence-electron chi connectivity index (χ2n) is 3.82. The van der Waals surface area contributed by atoms with Crippen LogP contribution in [0.15, 0.2) is 48.5 Å². The topological polar surface area (TPSA) is 56.0 Å². The van der Waals surface area contributed by atoms with Gasteiger partial charge in [0.15, 0.2) is 0 Å². The first kappa shape index (κ1) is 9.72. The molecule has 0 unspecified atom stereocenters. The molecule has 3 rings (SSSR count). The number of nitrogens with zero attached hydrogens (tertiary/aromatic N) is 2. The molecule has 82 valence electrons. The number of nitro benzene ring substituents is 1. The van der Waals surface area contributed by atoms with E-state index in [9.17, 15) is 10.1 Å². The van der Waals surface area contributed by atoms with Gasteiger partial charge in [-0.3, -0.25) is 10.1 Å². The molecule has 0 spiro atoms. The minimum atomic E-state index is -0.406. The minimum Gasteiger partial charge on any atom is -0.258 e. The molecule has 4 heteroatoms. The first-order chi connectivity index (χ1) is 8.24. The summed E-state index contributed by atoms with van der Waals surface area (Å²) in [6.45, 7) is 0. The average Bonchev–Trinajstić information content (AvgIpc) is 2.35. The molecule has 0 N–H and O–H groups in total. The van der Waals surface area contributed by atoms with Crippen LogP contribution in [0.5, 0.6) is 0 Å². The van der Waals surface area contributed by atoms with E-state index in [0.717, 1.165) is 16.3 Å². The van der Waals surface area contributed by atoms with Crippen molar-refractivity contribution in [2.24, 2.45) is 0 Å². The maximum absolute atomic E-state index is 10.7.